The highest BCUT2D eigenvalue weighted by Gasteiger charge is 2.38. The lowest BCUT2D eigenvalue weighted by Crippen LogP contribution is -2.41. The summed E-state index contributed by atoms with van der Waals surface area (Å²) < 4.78 is 107. The van der Waals surface area contributed by atoms with Crippen molar-refractivity contribution in [3.8, 4) is 0 Å². The molecule has 0 radical (unpaired) electrons. The van der Waals surface area contributed by atoms with E-state index < -0.39 is 41.0 Å². The smallest absolute Gasteiger partial charge is 0.349 e. The summed E-state index contributed by atoms with van der Waals surface area (Å²) in [4.78, 5) is 13.0. The third-order valence-corrected chi connectivity index (χ3v) is 7.89. The second-order valence-electron chi connectivity index (χ2n) is 10.9. The Morgan fingerprint density at radius 3 is 1.74 bits per heavy atom. The Morgan fingerprint density at radius 2 is 1.28 bits per heavy atom. The molecule has 232 valence electrons. The monoisotopic (exact) mass is 612 g/mol. The molecule has 1 aliphatic heterocycles. The molecule has 3 aromatic rings. The molecule has 0 bridgehead atoms. The summed E-state index contributed by atoms with van der Waals surface area (Å²) in [5.41, 5.74) is -2.00. The number of rotatable bonds is 11. The highest BCUT2D eigenvalue weighted by atomic mass is 19.4. The molecule has 0 aliphatic carbocycles. The van der Waals surface area contributed by atoms with Crippen LogP contribution in [-0.2, 0) is 12.4 Å². The third kappa shape index (κ3) is 9.01. The van der Waals surface area contributed by atoms with Gasteiger partial charge in [-0.05, 0) is 91.9 Å². The minimum atomic E-state index is -5.05. The van der Waals surface area contributed by atoms with Crippen LogP contribution in [0.25, 0.3) is 0 Å². The molecule has 0 spiro atoms. The first-order valence-corrected chi connectivity index (χ1v) is 14.1. The van der Waals surface area contributed by atoms with Crippen LogP contribution >= 0.6 is 0 Å². The van der Waals surface area contributed by atoms with Crippen LogP contribution in [0.2, 0.25) is 0 Å². The van der Waals surface area contributed by atoms with Gasteiger partial charge in [-0.3, -0.25) is 4.79 Å². The quantitative estimate of drug-likeness (QED) is 0.169. The second kappa shape index (κ2) is 13.9. The Kier molecular flexibility index (Phi) is 10.5. The summed E-state index contributed by atoms with van der Waals surface area (Å²) in [6.07, 6.45) is -6.10. The highest BCUT2D eigenvalue weighted by Crippen LogP contribution is 2.36. The average Bonchev–Trinajstić information content (AvgIpc) is 3.49. The van der Waals surface area contributed by atoms with Crippen LogP contribution in [0, 0.1) is 17.6 Å². The van der Waals surface area contributed by atoms with Crippen molar-refractivity contribution < 1.29 is 39.9 Å². The number of amides is 1. The van der Waals surface area contributed by atoms with Crippen LogP contribution in [0.4, 0.5) is 35.1 Å². The summed E-state index contributed by atoms with van der Waals surface area (Å²) >= 11 is 0. The van der Waals surface area contributed by atoms with Gasteiger partial charge in [0, 0.05) is 17.5 Å². The first-order chi connectivity index (χ1) is 20.3. The summed E-state index contributed by atoms with van der Waals surface area (Å²) in [6, 6.07) is 12.7. The van der Waals surface area contributed by atoms with Crippen LogP contribution in [0.3, 0.4) is 0 Å². The van der Waals surface area contributed by atoms with Crippen LogP contribution in [-0.4, -0.2) is 25.0 Å². The molecule has 2 unspecified atom stereocenters. The standard InChI is InChI=1S/C32H32F8N2O/c33-26-10-6-20(7-11-26)28(21-8-12-27(34)13-9-21)4-2-1-3-5-29(22-14-15-41-19-22)42-30(43)23-16-24(31(35,36)37)18-25(17-23)32(38,39)40/h6-13,16-18,22,28-29,41H,1-5,14-15,19H2,(H,42,43). The molecule has 11 heteroatoms. The maximum absolute atomic E-state index is 13.5. The van der Waals surface area contributed by atoms with Gasteiger partial charge in [0.1, 0.15) is 11.6 Å². The Hall–Kier alpha value is -3.47. The van der Waals surface area contributed by atoms with Crippen LogP contribution in [0.1, 0.15) is 77.1 Å². The predicted molar refractivity (Wildman–Crippen MR) is 146 cm³/mol. The lowest BCUT2D eigenvalue weighted by atomic mass is 9.86. The molecule has 3 aromatic carbocycles. The van der Waals surface area contributed by atoms with Gasteiger partial charge in [0.05, 0.1) is 11.1 Å². The Labute approximate surface area is 244 Å². The van der Waals surface area contributed by atoms with E-state index >= 15 is 0 Å². The van der Waals surface area contributed by atoms with Crippen LogP contribution in [0.15, 0.2) is 66.7 Å². The van der Waals surface area contributed by atoms with Gasteiger partial charge < -0.3 is 10.6 Å². The van der Waals surface area contributed by atoms with Crippen molar-refractivity contribution >= 4 is 5.91 Å². The molecular formula is C32H32F8N2O. The van der Waals surface area contributed by atoms with Gasteiger partial charge >= 0.3 is 12.4 Å². The van der Waals surface area contributed by atoms with Crippen molar-refractivity contribution in [3.05, 3.63) is 106 Å². The van der Waals surface area contributed by atoms with E-state index in [4.69, 9.17) is 0 Å². The lowest BCUT2D eigenvalue weighted by molar-refractivity contribution is -0.143. The van der Waals surface area contributed by atoms with Gasteiger partial charge in [0.25, 0.3) is 5.91 Å². The first-order valence-electron chi connectivity index (χ1n) is 14.1. The van der Waals surface area contributed by atoms with E-state index in [-0.39, 0.29) is 29.5 Å². The summed E-state index contributed by atoms with van der Waals surface area (Å²) in [7, 11) is 0. The van der Waals surface area contributed by atoms with Gasteiger partial charge in [-0.25, -0.2) is 8.78 Å². The fourth-order valence-corrected chi connectivity index (χ4v) is 5.59. The molecule has 1 aliphatic rings. The molecule has 4 rings (SSSR count). The Bertz CT molecular complexity index is 1270. The van der Waals surface area contributed by atoms with Gasteiger partial charge in [-0.2, -0.15) is 26.3 Å². The van der Waals surface area contributed by atoms with E-state index in [2.05, 4.69) is 10.6 Å². The molecule has 3 nitrogen and oxygen atoms in total. The molecule has 0 aromatic heterocycles. The number of carbonyl (C=O) groups is 1. The fourth-order valence-electron chi connectivity index (χ4n) is 5.59. The topological polar surface area (TPSA) is 41.1 Å². The molecule has 43 heavy (non-hydrogen) atoms. The zero-order valence-electron chi connectivity index (χ0n) is 23.2. The van der Waals surface area contributed by atoms with Gasteiger partial charge in [-0.1, -0.05) is 43.5 Å². The SMILES string of the molecule is O=C(NC(CCCCCC(c1ccc(F)cc1)c1ccc(F)cc1)C1CCNC1)c1cc(C(F)(F)F)cc(C(F)(F)F)c1. The molecule has 2 atom stereocenters. The summed E-state index contributed by atoms with van der Waals surface area (Å²) in [5, 5.41) is 5.89. The molecule has 1 heterocycles. The average molecular weight is 613 g/mol. The first kappa shape index (κ1) is 32.4. The summed E-state index contributed by atoms with van der Waals surface area (Å²) in [6.45, 7) is 1.26. The molecule has 1 amide bonds. The van der Waals surface area contributed by atoms with E-state index in [1.807, 2.05) is 0 Å². The molecular weight excluding hydrogens is 580 g/mol. The number of alkyl halides is 6. The van der Waals surface area contributed by atoms with E-state index in [0.29, 0.717) is 50.9 Å². The maximum Gasteiger partial charge on any atom is 0.416 e. The largest absolute Gasteiger partial charge is 0.416 e. The molecule has 0 saturated carbocycles. The van der Waals surface area contributed by atoms with Crippen molar-refractivity contribution in [3.63, 3.8) is 0 Å². The number of hydrogen-bond donors (Lipinski definition) is 2. The number of benzene rings is 3. The number of hydrogen-bond acceptors (Lipinski definition) is 2. The molecule has 1 fully saturated rings. The van der Waals surface area contributed by atoms with Crippen molar-refractivity contribution in [2.24, 2.45) is 5.92 Å². The van der Waals surface area contributed by atoms with E-state index in [1.165, 1.54) is 24.3 Å². The highest BCUT2D eigenvalue weighted by molar-refractivity contribution is 5.95. The van der Waals surface area contributed by atoms with E-state index in [9.17, 15) is 39.9 Å². The Morgan fingerprint density at radius 1 is 0.767 bits per heavy atom. The van der Waals surface area contributed by atoms with Crippen LogP contribution < -0.4 is 10.6 Å². The molecule has 1 saturated heterocycles. The zero-order valence-corrected chi connectivity index (χ0v) is 23.2. The van der Waals surface area contributed by atoms with Gasteiger partial charge in [0.2, 0.25) is 0 Å². The lowest BCUT2D eigenvalue weighted by Gasteiger charge is -2.25. The maximum atomic E-state index is 13.5. The van der Waals surface area contributed by atoms with Crippen molar-refractivity contribution in [2.45, 2.75) is 62.8 Å². The number of halogens is 8. The number of carbonyl (C=O) groups excluding carboxylic acids is 1. The van der Waals surface area contributed by atoms with Crippen molar-refractivity contribution in [1.82, 2.24) is 10.6 Å². The minimum Gasteiger partial charge on any atom is -0.349 e. The van der Waals surface area contributed by atoms with E-state index in [0.717, 1.165) is 24.0 Å². The van der Waals surface area contributed by atoms with Crippen molar-refractivity contribution in [2.75, 3.05) is 13.1 Å². The zero-order chi connectivity index (χ0) is 31.2. The number of nitrogens with one attached hydrogen (secondary N) is 2. The minimum absolute atomic E-state index is 0.000296. The van der Waals surface area contributed by atoms with Crippen molar-refractivity contribution in [1.29, 1.82) is 0 Å². The predicted octanol–water partition coefficient (Wildman–Crippen LogP) is 8.49. The van der Waals surface area contributed by atoms with E-state index in [1.54, 1.807) is 24.3 Å². The van der Waals surface area contributed by atoms with Gasteiger partial charge in [0.15, 0.2) is 0 Å². The molecule has 2 N–H and O–H groups in total. The third-order valence-electron chi connectivity index (χ3n) is 7.89. The normalized spacial score (nSPS) is 16.4. The summed E-state index contributed by atoms with van der Waals surface area (Å²) in [5.74, 6) is -1.84. The van der Waals surface area contributed by atoms with Gasteiger partial charge in [-0.15, -0.1) is 0 Å². The Balaban J connectivity index is 1.41. The number of unbranched alkanes of at least 4 members (excludes halogenated alkanes) is 2. The second-order valence-corrected chi connectivity index (χ2v) is 10.9. The fraction of sp³-hybridized carbons (Fsp3) is 0.406. The van der Waals surface area contributed by atoms with Crippen LogP contribution in [0.5, 0.6) is 0 Å².